The second-order valence-electron chi connectivity index (χ2n) is 4.18. The fourth-order valence-corrected chi connectivity index (χ4v) is 1.76. The molecule has 8 heteroatoms. The highest BCUT2D eigenvalue weighted by Gasteiger charge is 2.31. The zero-order chi connectivity index (χ0) is 14.8. The number of rotatable bonds is 4. The molecule has 108 valence electrons. The highest BCUT2D eigenvalue weighted by Crippen LogP contribution is 2.29. The molecule has 2 rings (SSSR count). The number of hydrogen-bond donors (Lipinski definition) is 1. The van der Waals surface area contributed by atoms with Gasteiger partial charge in [0.15, 0.2) is 0 Å². The predicted octanol–water partition coefficient (Wildman–Crippen LogP) is 1.99. The summed E-state index contributed by atoms with van der Waals surface area (Å²) >= 11 is 0. The molecule has 0 aliphatic rings. The van der Waals surface area contributed by atoms with E-state index in [-0.39, 0.29) is 12.1 Å². The van der Waals surface area contributed by atoms with Crippen molar-refractivity contribution in [3.63, 3.8) is 0 Å². The molecule has 2 aromatic heterocycles. The Hall–Kier alpha value is -1.96. The molecule has 1 unspecified atom stereocenters. The Kier molecular flexibility index (Phi) is 4.03. The number of pyridine rings is 1. The van der Waals surface area contributed by atoms with E-state index in [1.165, 1.54) is 12.4 Å². The number of aryl methyl sites for hydroxylation is 1. The lowest BCUT2D eigenvalue weighted by atomic mass is 10.1. The summed E-state index contributed by atoms with van der Waals surface area (Å²) in [4.78, 5) is 7.65. The van der Waals surface area contributed by atoms with Gasteiger partial charge in [0.1, 0.15) is 18.3 Å². The summed E-state index contributed by atoms with van der Waals surface area (Å²) in [5.74, 6) is 0.557. The van der Waals surface area contributed by atoms with Gasteiger partial charge in [0, 0.05) is 19.2 Å². The van der Waals surface area contributed by atoms with Crippen LogP contribution in [0.5, 0.6) is 0 Å². The first kappa shape index (κ1) is 14.4. The minimum absolute atomic E-state index is 0.145. The van der Waals surface area contributed by atoms with Crippen molar-refractivity contribution in [3.05, 3.63) is 41.7 Å². The minimum Gasteiger partial charge on any atom is -0.386 e. The molecule has 20 heavy (non-hydrogen) atoms. The maximum Gasteiger partial charge on any atom is 0.417 e. The molecule has 0 aromatic carbocycles. The average molecular weight is 286 g/mol. The lowest BCUT2D eigenvalue weighted by Crippen LogP contribution is -2.12. The van der Waals surface area contributed by atoms with Crippen molar-refractivity contribution in [2.24, 2.45) is 0 Å². The fourth-order valence-electron chi connectivity index (χ4n) is 1.76. The summed E-state index contributed by atoms with van der Waals surface area (Å²) in [6, 6.07) is 2.07. The molecule has 0 saturated carbocycles. The lowest BCUT2D eigenvalue weighted by Gasteiger charge is -2.11. The second kappa shape index (κ2) is 5.58. The molecule has 0 saturated heterocycles. The largest absolute Gasteiger partial charge is 0.417 e. The van der Waals surface area contributed by atoms with E-state index in [2.05, 4.69) is 15.1 Å². The first-order chi connectivity index (χ1) is 9.41. The summed E-state index contributed by atoms with van der Waals surface area (Å²) < 4.78 is 38.8. The first-order valence-electron chi connectivity index (χ1n) is 5.99. The van der Waals surface area contributed by atoms with Gasteiger partial charge in [0.05, 0.1) is 11.3 Å². The third-order valence-corrected chi connectivity index (χ3v) is 2.83. The Labute approximate surface area is 113 Å². The van der Waals surface area contributed by atoms with Crippen LogP contribution in [-0.2, 0) is 19.1 Å². The number of aliphatic hydroxyl groups excluding tert-OH is 1. The van der Waals surface area contributed by atoms with Crippen LogP contribution < -0.4 is 0 Å². The monoisotopic (exact) mass is 286 g/mol. The van der Waals surface area contributed by atoms with Crippen LogP contribution in [0.1, 0.15) is 30.1 Å². The number of aromatic nitrogens is 4. The molecule has 0 spiro atoms. The van der Waals surface area contributed by atoms with Crippen LogP contribution in [0.15, 0.2) is 24.7 Å². The third kappa shape index (κ3) is 3.13. The van der Waals surface area contributed by atoms with Crippen LogP contribution >= 0.6 is 0 Å². The molecule has 2 aromatic rings. The molecule has 0 bridgehead atoms. The lowest BCUT2D eigenvalue weighted by molar-refractivity contribution is -0.137. The minimum atomic E-state index is -4.43. The first-order valence-corrected chi connectivity index (χ1v) is 5.99. The van der Waals surface area contributed by atoms with E-state index >= 15 is 0 Å². The van der Waals surface area contributed by atoms with Crippen molar-refractivity contribution in [2.75, 3.05) is 0 Å². The van der Waals surface area contributed by atoms with Gasteiger partial charge in [-0.05, 0) is 19.1 Å². The Morgan fingerprint density at radius 1 is 1.30 bits per heavy atom. The zero-order valence-corrected chi connectivity index (χ0v) is 10.7. The van der Waals surface area contributed by atoms with Crippen molar-refractivity contribution in [3.8, 4) is 0 Å². The molecule has 0 amide bonds. The maximum atomic E-state index is 12.4. The number of hydrogen-bond acceptors (Lipinski definition) is 4. The van der Waals surface area contributed by atoms with Gasteiger partial charge in [-0.1, -0.05) is 0 Å². The van der Waals surface area contributed by atoms with E-state index in [9.17, 15) is 18.3 Å². The molecular formula is C12H13F3N4O. The van der Waals surface area contributed by atoms with E-state index in [1.807, 2.05) is 6.92 Å². The van der Waals surface area contributed by atoms with Crippen molar-refractivity contribution in [2.45, 2.75) is 32.2 Å². The number of nitrogens with zero attached hydrogens (tertiary/aromatic N) is 4. The van der Waals surface area contributed by atoms with Crippen molar-refractivity contribution < 1.29 is 18.3 Å². The molecule has 0 radical (unpaired) electrons. The topological polar surface area (TPSA) is 63.8 Å². The van der Waals surface area contributed by atoms with Crippen LogP contribution in [0.2, 0.25) is 0 Å². The highest BCUT2D eigenvalue weighted by molar-refractivity contribution is 5.18. The van der Waals surface area contributed by atoms with E-state index in [1.54, 1.807) is 4.68 Å². The van der Waals surface area contributed by atoms with Crippen LogP contribution in [-0.4, -0.2) is 24.9 Å². The van der Waals surface area contributed by atoms with Crippen molar-refractivity contribution in [1.29, 1.82) is 0 Å². The molecular weight excluding hydrogens is 273 g/mol. The molecule has 1 N–H and O–H groups in total. The molecule has 0 aliphatic carbocycles. The van der Waals surface area contributed by atoms with Gasteiger partial charge in [-0.15, -0.1) is 0 Å². The van der Waals surface area contributed by atoms with Gasteiger partial charge in [-0.25, -0.2) is 4.98 Å². The fraction of sp³-hybridized carbons (Fsp3) is 0.417. The summed E-state index contributed by atoms with van der Waals surface area (Å²) in [5, 5.41) is 13.9. The summed E-state index contributed by atoms with van der Waals surface area (Å²) in [5.41, 5.74) is -0.672. The third-order valence-electron chi connectivity index (χ3n) is 2.83. The maximum absolute atomic E-state index is 12.4. The number of aliphatic hydroxyl groups is 1. The highest BCUT2D eigenvalue weighted by atomic mass is 19.4. The van der Waals surface area contributed by atoms with Crippen LogP contribution in [0.4, 0.5) is 13.2 Å². The molecule has 5 nitrogen and oxygen atoms in total. The van der Waals surface area contributed by atoms with E-state index in [0.29, 0.717) is 18.6 Å². The average Bonchev–Trinajstić information content (AvgIpc) is 2.85. The number of halogens is 3. The van der Waals surface area contributed by atoms with Crippen LogP contribution in [0.25, 0.3) is 0 Å². The molecule has 0 aliphatic heterocycles. The Bertz CT molecular complexity index is 565. The van der Waals surface area contributed by atoms with Crippen LogP contribution in [0.3, 0.4) is 0 Å². The standard InChI is InChI=1S/C12H13F3N4O/c1-2-19-11(17-7-18-19)5-10(20)9-4-3-8(6-16-9)12(13,14)15/h3-4,6-7,10,20H,2,5H2,1H3. The Morgan fingerprint density at radius 3 is 2.60 bits per heavy atom. The van der Waals surface area contributed by atoms with Crippen molar-refractivity contribution in [1.82, 2.24) is 19.7 Å². The van der Waals surface area contributed by atoms with Gasteiger partial charge < -0.3 is 5.11 Å². The quantitative estimate of drug-likeness (QED) is 0.933. The second-order valence-corrected chi connectivity index (χ2v) is 4.18. The van der Waals surface area contributed by atoms with E-state index in [0.717, 1.165) is 6.07 Å². The van der Waals surface area contributed by atoms with Gasteiger partial charge in [0.25, 0.3) is 0 Å². The summed E-state index contributed by atoms with van der Waals surface area (Å²) in [6.07, 6.45) is -3.23. The SMILES string of the molecule is CCn1ncnc1CC(O)c1ccc(C(F)(F)F)cn1. The molecule has 1 atom stereocenters. The van der Waals surface area contributed by atoms with Gasteiger partial charge in [-0.3, -0.25) is 9.67 Å². The summed E-state index contributed by atoms with van der Waals surface area (Å²) in [6.45, 7) is 2.48. The zero-order valence-electron chi connectivity index (χ0n) is 10.7. The van der Waals surface area contributed by atoms with Gasteiger partial charge in [0.2, 0.25) is 0 Å². The number of alkyl halides is 3. The van der Waals surface area contributed by atoms with E-state index in [4.69, 9.17) is 0 Å². The predicted molar refractivity (Wildman–Crippen MR) is 63.6 cm³/mol. The van der Waals surface area contributed by atoms with Gasteiger partial charge in [-0.2, -0.15) is 18.3 Å². The molecule has 2 heterocycles. The normalized spacial score (nSPS) is 13.4. The van der Waals surface area contributed by atoms with Gasteiger partial charge >= 0.3 is 6.18 Å². The smallest absolute Gasteiger partial charge is 0.386 e. The summed E-state index contributed by atoms with van der Waals surface area (Å²) in [7, 11) is 0. The molecule has 0 fully saturated rings. The Balaban J connectivity index is 2.12. The Morgan fingerprint density at radius 2 is 2.05 bits per heavy atom. The van der Waals surface area contributed by atoms with Crippen molar-refractivity contribution >= 4 is 0 Å². The van der Waals surface area contributed by atoms with E-state index < -0.39 is 17.8 Å². The van der Waals surface area contributed by atoms with Crippen LogP contribution in [0, 0.1) is 0 Å².